The van der Waals surface area contributed by atoms with Gasteiger partial charge in [0.2, 0.25) is 0 Å². The molecule has 350 valence electrons. The number of Topliss-reactive ketones (excluding diaryl/α,β-unsaturated/α-hetero) is 1. The highest BCUT2D eigenvalue weighted by atomic mass is 35.5. The van der Waals surface area contributed by atoms with Crippen molar-refractivity contribution in [2.75, 3.05) is 58.4 Å². The van der Waals surface area contributed by atoms with Gasteiger partial charge in [0, 0.05) is 83.7 Å². The molecule has 0 bridgehead atoms. The Labute approximate surface area is 400 Å². The lowest BCUT2D eigenvalue weighted by Gasteiger charge is -2.30. The smallest absolute Gasteiger partial charge is 0.410 e. The fraction of sp³-hybridized carbons (Fsp3) is 0.453. The van der Waals surface area contributed by atoms with Crippen LogP contribution in [0.15, 0.2) is 91.0 Å². The highest BCUT2D eigenvalue weighted by molar-refractivity contribution is 7.98. The van der Waals surface area contributed by atoms with Crippen molar-refractivity contribution in [2.24, 2.45) is 0 Å². The van der Waals surface area contributed by atoms with Gasteiger partial charge < -0.3 is 24.0 Å². The summed E-state index contributed by atoms with van der Waals surface area (Å²) in [6.07, 6.45) is 5.54. The van der Waals surface area contributed by atoms with E-state index in [1.807, 2.05) is 99.4 Å². The Kier molecular flexibility index (Phi) is 20.7. The molecule has 9 nitrogen and oxygen atoms in total. The molecule has 0 unspecified atom stereocenters. The largest absolute Gasteiger partial charge is 0.497 e. The number of rotatable bonds is 26. The van der Waals surface area contributed by atoms with Gasteiger partial charge in [-0.15, -0.1) is 0 Å². The summed E-state index contributed by atoms with van der Waals surface area (Å²) in [7, 11) is 3.36. The fourth-order valence-electron chi connectivity index (χ4n) is 7.69. The quantitative estimate of drug-likeness (QED) is 0.0503. The second-order valence-corrected chi connectivity index (χ2v) is 20.2. The number of carbonyl (C=O) groups excluding carboxylic acids is 3. The number of fused-ring (bicyclic) bond motifs is 1. The maximum Gasteiger partial charge on any atom is 0.410 e. The lowest BCUT2D eigenvalue weighted by molar-refractivity contribution is -0.118. The number of hydrogen-bond acceptors (Lipinski definition) is 9. The number of aromatic nitrogens is 1. The third kappa shape index (κ3) is 16.8. The van der Waals surface area contributed by atoms with Crippen molar-refractivity contribution in [1.82, 2.24) is 14.4 Å². The molecule has 0 spiro atoms. The Bertz CT molecular complexity index is 2270. The molecule has 0 aliphatic rings. The normalized spacial score (nSPS) is 11.6. The molecular formula is C53H68ClN3O6S2. The van der Waals surface area contributed by atoms with E-state index in [9.17, 15) is 14.4 Å². The first kappa shape index (κ1) is 51.6. The zero-order chi connectivity index (χ0) is 46.8. The minimum Gasteiger partial charge on any atom is -0.497 e. The number of aryl methyl sites for hydroxylation is 1. The highest BCUT2D eigenvalue weighted by Gasteiger charge is 2.24. The average Bonchev–Trinajstić information content (AvgIpc) is 3.55. The molecule has 4 aromatic carbocycles. The summed E-state index contributed by atoms with van der Waals surface area (Å²) < 4.78 is 18.3. The minimum absolute atomic E-state index is 0.131. The molecule has 5 aromatic rings. The molecule has 0 atom stereocenters. The van der Waals surface area contributed by atoms with Crippen LogP contribution >= 0.6 is 35.1 Å². The summed E-state index contributed by atoms with van der Waals surface area (Å²) in [5.41, 5.74) is 6.10. The molecule has 12 heteroatoms. The minimum atomic E-state index is -0.578. The Hall–Kier alpha value is -4.42. The Morgan fingerprint density at radius 2 is 1.26 bits per heavy atom. The van der Waals surface area contributed by atoms with E-state index in [1.165, 1.54) is 11.1 Å². The number of methoxy groups -OCH3 is 2. The van der Waals surface area contributed by atoms with E-state index in [0.29, 0.717) is 36.5 Å². The van der Waals surface area contributed by atoms with E-state index < -0.39 is 5.60 Å². The number of halogens is 1. The molecule has 0 N–H and O–H groups in total. The Balaban J connectivity index is 1.12. The number of amides is 1. The first-order chi connectivity index (χ1) is 31.2. The molecule has 5 rings (SSSR count). The number of unbranched alkanes of at least 4 members (excludes halogenated alkanes) is 4. The van der Waals surface area contributed by atoms with Crippen molar-refractivity contribution < 1.29 is 28.6 Å². The van der Waals surface area contributed by atoms with Gasteiger partial charge >= 0.3 is 6.09 Å². The van der Waals surface area contributed by atoms with Gasteiger partial charge in [-0.3, -0.25) is 14.2 Å². The lowest BCUT2D eigenvalue weighted by atomic mass is 10.0. The zero-order valence-corrected chi connectivity index (χ0v) is 41.8. The third-order valence-electron chi connectivity index (χ3n) is 11.3. The maximum atomic E-state index is 13.7. The van der Waals surface area contributed by atoms with Gasteiger partial charge in [-0.2, -0.15) is 23.5 Å². The Morgan fingerprint density at radius 3 is 1.86 bits per heavy atom. The number of benzene rings is 4. The predicted molar refractivity (Wildman–Crippen MR) is 272 cm³/mol. The SMILES string of the molecule is COc1ccc(CSCCN(CCCCCCCC(=O)Cc2c(C)n(C(=O)c3ccc(Cl)cc3)c3ccc(C)cc23)CCN(CCSCc2ccc(OC)cc2)C(=O)OC(C)(C)C)cc1. The highest BCUT2D eigenvalue weighted by Crippen LogP contribution is 2.30. The van der Waals surface area contributed by atoms with Gasteiger partial charge in [0.1, 0.15) is 22.9 Å². The molecule has 0 aliphatic heterocycles. The fourth-order valence-corrected chi connectivity index (χ4v) is 9.70. The van der Waals surface area contributed by atoms with Crippen LogP contribution < -0.4 is 9.47 Å². The van der Waals surface area contributed by atoms with Gasteiger partial charge in [0.05, 0.1) is 19.7 Å². The van der Waals surface area contributed by atoms with E-state index >= 15 is 0 Å². The summed E-state index contributed by atoms with van der Waals surface area (Å²) in [5.74, 6) is 5.33. The van der Waals surface area contributed by atoms with Crippen LogP contribution in [0.3, 0.4) is 0 Å². The van der Waals surface area contributed by atoms with Crippen LogP contribution in [0.2, 0.25) is 5.02 Å². The van der Waals surface area contributed by atoms with Crippen LogP contribution in [0.25, 0.3) is 10.9 Å². The van der Waals surface area contributed by atoms with E-state index in [0.717, 1.165) is 114 Å². The molecule has 1 amide bonds. The molecule has 0 aliphatic carbocycles. The molecule has 0 saturated carbocycles. The summed E-state index contributed by atoms with van der Waals surface area (Å²) in [5, 5.41) is 1.54. The predicted octanol–water partition coefficient (Wildman–Crippen LogP) is 12.5. The number of carbonyl (C=O) groups is 3. The second kappa shape index (κ2) is 26.1. The first-order valence-corrected chi connectivity index (χ1v) is 25.5. The van der Waals surface area contributed by atoms with Crippen molar-refractivity contribution in [3.8, 4) is 11.5 Å². The number of nitrogens with zero attached hydrogens (tertiary/aromatic N) is 3. The number of thioether (sulfide) groups is 2. The standard InChI is InChI=1S/C53H68ClN3O6S2/c1-39-14-27-50-49(35-39)48(40(2)57(50)51(59)43-19-21-44(54)22-20-43)36-45(58)13-11-9-8-10-12-28-55(31-33-64-37-41-15-23-46(61-6)24-16-41)29-30-56(52(60)63-53(3,4)5)32-34-65-38-42-17-25-47(62-7)26-18-42/h14-27,35H,8-13,28-34,36-38H2,1-7H3. The van der Waals surface area contributed by atoms with Crippen LogP contribution in [-0.4, -0.2) is 96.2 Å². The van der Waals surface area contributed by atoms with E-state index in [4.69, 9.17) is 25.8 Å². The van der Waals surface area contributed by atoms with Crippen LogP contribution in [-0.2, 0) is 27.5 Å². The Morgan fingerprint density at radius 1 is 0.677 bits per heavy atom. The number of ether oxygens (including phenoxy) is 3. The summed E-state index contributed by atoms with van der Waals surface area (Å²) in [6.45, 7) is 13.5. The van der Waals surface area contributed by atoms with Crippen molar-refractivity contribution in [3.05, 3.63) is 130 Å². The maximum absolute atomic E-state index is 13.7. The summed E-state index contributed by atoms with van der Waals surface area (Å²) in [6, 6.07) is 29.4. The van der Waals surface area contributed by atoms with Gasteiger partial charge in [0.25, 0.3) is 5.91 Å². The molecular weight excluding hydrogens is 874 g/mol. The van der Waals surface area contributed by atoms with Crippen LogP contribution in [0, 0.1) is 13.8 Å². The van der Waals surface area contributed by atoms with Gasteiger partial charge in [-0.05, 0) is 131 Å². The van der Waals surface area contributed by atoms with Crippen LogP contribution in [0.1, 0.15) is 97.6 Å². The average molecular weight is 943 g/mol. The van der Waals surface area contributed by atoms with Gasteiger partial charge in [-0.25, -0.2) is 4.79 Å². The van der Waals surface area contributed by atoms with E-state index in [2.05, 4.69) is 35.2 Å². The van der Waals surface area contributed by atoms with Crippen molar-refractivity contribution in [2.45, 2.75) is 96.7 Å². The lowest BCUT2D eigenvalue weighted by Crippen LogP contribution is -2.43. The van der Waals surface area contributed by atoms with E-state index in [-0.39, 0.29) is 17.8 Å². The van der Waals surface area contributed by atoms with Crippen molar-refractivity contribution in [1.29, 1.82) is 0 Å². The molecule has 0 fully saturated rings. The molecule has 65 heavy (non-hydrogen) atoms. The number of hydrogen-bond donors (Lipinski definition) is 0. The van der Waals surface area contributed by atoms with Crippen LogP contribution in [0.5, 0.6) is 11.5 Å². The molecule has 0 radical (unpaired) electrons. The summed E-state index contributed by atoms with van der Waals surface area (Å²) >= 11 is 9.83. The monoisotopic (exact) mass is 941 g/mol. The first-order valence-electron chi connectivity index (χ1n) is 22.8. The third-order valence-corrected chi connectivity index (χ3v) is 13.6. The number of ketones is 1. The second-order valence-electron chi connectivity index (χ2n) is 17.6. The van der Waals surface area contributed by atoms with Crippen molar-refractivity contribution >= 4 is 63.8 Å². The molecule has 1 aromatic heterocycles. The van der Waals surface area contributed by atoms with Gasteiger partial charge in [-0.1, -0.05) is 66.8 Å². The summed E-state index contributed by atoms with van der Waals surface area (Å²) in [4.78, 5) is 45.0. The topological polar surface area (TPSA) is 90.3 Å². The zero-order valence-electron chi connectivity index (χ0n) is 39.5. The van der Waals surface area contributed by atoms with E-state index in [1.54, 1.807) is 43.1 Å². The molecule has 1 heterocycles. The van der Waals surface area contributed by atoms with Gasteiger partial charge in [0.15, 0.2) is 0 Å². The molecule has 0 saturated heterocycles. The van der Waals surface area contributed by atoms with Crippen LogP contribution in [0.4, 0.5) is 4.79 Å². The van der Waals surface area contributed by atoms with Crippen molar-refractivity contribution in [3.63, 3.8) is 0 Å².